The SMILES string of the molecule is O=C(Cc1cccs1)NCC(c1ccco1)S(=O)(=O)c1cccs1. The molecule has 0 saturated heterocycles. The van der Waals surface area contributed by atoms with Crippen molar-refractivity contribution in [2.75, 3.05) is 6.54 Å². The minimum atomic E-state index is -3.63. The Balaban J connectivity index is 1.75. The van der Waals surface area contributed by atoms with Gasteiger partial charge >= 0.3 is 0 Å². The summed E-state index contributed by atoms with van der Waals surface area (Å²) in [5.41, 5.74) is 0. The van der Waals surface area contributed by atoms with E-state index in [4.69, 9.17) is 4.42 Å². The summed E-state index contributed by atoms with van der Waals surface area (Å²) in [5, 5.41) is 5.37. The molecule has 3 aromatic rings. The quantitative estimate of drug-likeness (QED) is 0.681. The molecule has 3 heterocycles. The molecule has 3 rings (SSSR count). The van der Waals surface area contributed by atoms with E-state index in [1.165, 1.54) is 17.6 Å². The van der Waals surface area contributed by atoms with Gasteiger partial charge in [0, 0.05) is 11.4 Å². The van der Waals surface area contributed by atoms with E-state index in [0.717, 1.165) is 16.2 Å². The first-order chi connectivity index (χ1) is 11.6. The number of nitrogens with one attached hydrogen (secondary N) is 1. The Labute approximate surface area is 147 Å². The van der Waals surface area contributed by atoms with Crippen molar-refractivity contribution < 1.29 is 17.6 Å². The van der Waals surface area contributed by atoms with Crippen molar-refractivity contribution in [1.29, 1.82) is 0 Å². The smallest absolute Gasteiger partial charge is 0.225 e. The van der Waals surface area contributed by atoms with E-state index in [2.05, 4.69) is 5.32 Å². The third-order valence-electron chi connectivity index (χ3n) is 3.41. The molecular formula is C16H15NO4S3. The predicted octanol–water partition coefficient (Wildman–Crippen LogP) is 3.28. The van der Waals surface area contributed by atoms with Gasteiger partial charge in [-0.1, -0.05) is 12.1 Å². The molecule has 126 valence electrons. The molecule has 0 fully saturated rings. The fourth-order valence-corrected chi connectivity index (χ4v) is 5.74. The fourth-order valence-electron chi connectivity index (χ4n) is 2.24. The minimum Gasteiger partial charge on any atom is -0.468 e. The van der Waals surface area contributed by atoms with E-state index in [0.29, 0.717) is 5.76 Å². The number of furan rings is 1. The second kappa shape index (κ2) is 7.33. The minimum absolute atomic E-state index is 0.0298. The summed E-state index contributed by atoms with van der Waals surface area (Å²) in [4.78, 5) is 13.0. The van der Waals surface area contributed by atoms with E-state index >= 15 is 0 Å². The molecule has 5 nitrogen and oxygen atoms in total. The summed E-state index contributed by atoms with van der Waals surface area (Å²) in [6.07, 6.45) is 1.67. The lowest BCUT2D eigenvalue weighted by molar-refractivity contribution is -0.120. The van der Waals surface area contributed by atoms with E-state index < -0.39 is 15.1 Å². The van der Waals surface area contributed by atoms with Gasteiger partial charge in [0.15, 0.2) is 9.84 Å². The van der Waals surface area contributed by atoms with Gasteiger partial charge in [0.2, 0.25) is 5.91 Å². The van der Waals surface area contributed by atoms with Crippen LogP contribution < -0.4 is 5.32 Å². The number of rotatable bonds is 7. The van der Waals surface area contributed by atoms with Gasteiger partial charge in [-0.25, -0.2) is 8.42 Å². The Morgan fingerprint density at radius 1 is 1.12 bits per heavy atom. The van der Waals surface area contributed by atoms with Crippen LogP contribution in [0.4, 0.5) is 0 Å². The highest BCUT2D eigenvalue weighted by molar-refractivity contribution is 7.93. The van der Waals surface area contributed by atoms with Crippen LogP contribution >= 0.6 is 22.7 Å². The lowest BCUT2D eigenvalue weighted by atomic mass is 10.3. The number of hydrogen-bond donors (Lipinski definition) is 1. The van der Waals surface area contributed by atoms with Crippen molar-refractivity contribution in [2.24, 2.45) is 0 Å². The summed E-state index contributed by atoms with van der Waals surface area (Å²) >= 11 is 2.64. The van der Waals surface area contributed by atoms with Gasteiger partial charge in [0.05, 0.1) is 12.7 Å². The maximum Gasteiger partial charge on any atom is 0.225 e. The van der Waals surface area contributed by atoms with Crippen molar-refractivity contribution in [1.82, 2.24) is 5.32 Å². The van der Waals surface area contributed by atoms with Crippen LogP contribution in [0.5, 0.6) is 0 Å². The third kappa shape index (κ3) is 3.77. The number of amides is 1. The van der Waals surface area contributed by atoms with Crippen LogP contribution in [-0.2, 0) is 21.1 Å². The van der Waals surface area contributed by atoms with Gasteiger partial charge in [0.1, 0.15) is 15.2 Å². The molecule has 0 aromatic carbocycles. The maximum atomic E-state index is 12.8. The van der Waals surface area contributed by atoms with Gasteiger partial charge in [-0.2, -0.15) is 0 Å². The highest BCUT2D eigenvalue weighted by atomic mass is 32.2. The Bertz CT molecular complexity index is 866. The van der Waals surface area contributed by atoms with E-state index in [-0.39, 0.29) is 23.1 Å². The van der Waals surface area contributed by atoms with Gasteiger partial charge in [-0.15, -0.1) is 22.7 Å². The number of hydrogen-bond acceptors (Lipinski definition) is 6. The second-order valence-electron chi connectivity index (χ2n) is 5.04. The van der Waals surface area contributed by atoms with Gasteiger partial charge < -0.3 is 9.73 Å². The van der Waals surface area contributed by atoms with Crippen LogP contribution in [0.25, 0.3) is 0 Å². The van der Waals surface area contributed by atoms with Crippen LogP contribution in [0.2, 0.25) is 0 Å². The zero-order chi connectivity index (χ0) is 17.0. The predicted molar refractivity (Wildman–Crippen MR) is 94.0 cm³/mol. The molecule has 1 atom stereocenters. The van der Waals surface area contributed by atoms with Gasteiger partial charge in [-0.05, 0) is 35.0 Å². The zero-order valence-electron chi connectivity index (χ0n) is 12.5. The largest absolute Gasteiger partial charge is 0.468 e. The van der Waals surface area contributed by atoms with Crippen LogP contribution in [0, 0.1) is 0 Å². The van der Waals surface area contributed by atoms with Crippen LogP contribution in [0.3, 0.4) is 0 Å². The van der Waals surface area contributed by atoms with Gasteiger partial charge in [-0.3, -0.25) is 4.79 Å². The van der Waals surface area contributed by atoms with Crippen LogP contribution in [0.15, 0.2) is 62.0 Å². The lowest BCUT2D eigenvalue weighted by Gasteiger charge is -2.15. The molecular weight excluding hydrogens is 366 g/mol. The highest BCUT2D eigenvalue weighted by Gasteiger charge is 2.32. The van der Waals surface area contributed by atoms with Gasteiger partial charge in [0.25, 0.3) is 0 Å². The highest BCUT2D eigenvalue weighted by Crippen LogP contribution is 2.31. The summed E-state index contributed by atoms with van der Waals surface area (Å²) < 4.78 is 31.2. The number of sulfone groups is 1. The zero-order valence-corrected chi connectivity index (χ0v) is 15.0. The standard InChI is InChI=1S/C16H15NO4S3/c18-15(10-12-4-2-8-22-12)17-11-14(13-5-1-7-21-13)24(19,20)16-6-3-9-23-16/h1-9,14H,10-11H2,(H,17,18). The molecule has 0 aliphatic rings. The summed E-state index contributed by atoms with van der Waals surface area (Å²) in [6, 6.07) is 10.2. The lowest BCUT2D eigenvalue weighted by Crippen LogP contribution is -2.32. The molecule has 0 saturated carbocycles. The van der Waals surface area contributed by atoms with Crippen molar-refractivity contribution in [3.05, 3.63) is 64.1 Å². The summed E-state index contributed by atoms with van der Waals surface area (Å²) in [6.45, 7) is -0.0298. The Hall–Kier alpha value is -1.90. The normalized spacial score (nSPS) is 12.8. The molecule has 0 radical (unpaired) electrons. The first-order valence-corrected chi connectivity index (χ1v) is 10.5. The number of thiophene rings is 2. The molecule has 24 heavy (non-hydrogen) atoms. The van der Waals surface area contributed by atoms with Crippen LogP contribution in [0.1, 0.15) is 15.9 Å². The molecule has 1 amide bonds. The van der Waals surface area contributed by atoms with E-state index in [9.17, 15) is 13.2 Å². The Morgan fingerprint density at radius 2 is 1.92 bits per heavy atom. The molecule has 8 heteroatoms. The number of carbonyl (C=O) groups excluding carboxylic acids is 1. The summed E-state index contributed by atoms with van der Waals surface area (Å²) in [7, 11) is -3.63. The first kappa shape index (κ1) is 16.9. The van der Waals surface area contributed by atoms with Crippen molar-refractivity contribution in [3.63, 3.8) is 0 Å². The fraction of sp³-hybridized carbons (Fsp3) is 0.188. The van der Waals surface area contributed by atoms with Crippen molar-refractivity contribution in [3.8, 4) is 0 Å². The third-order valence-corrected chi connectivity index (χ3v) is 7.78. The Kier molecular flexibility index (Phi) is 5.17. The summed E-state index contributed by atoms with van der Waals surface area (Å²) in [5.74, 6) is 0.107. The molecule has 1 unspecified atom stereocenters. The molecule has 1 N–H and O–H groups in total. The average molecular weight is 382 g/mol. The first-order valence-electron chi connectivity index (χ1n) is 7.17. The topological polar surface area (TPSA) is 76.4 Å². The molecule has 0 aliphatic heterocycles. The monoisotopic (exact) mass is 381 g/mol. The number of carbonyl (C=O) groups is 1. The maximum absolute atomic E-state index is 12.8. The van der Waals surface area contributed by atoms with E-state index in [1.807, 2.05) is 17.5 Å². The molecule has 0 aliphatic carbocycles. The van der Waals surface area contributed by atoms with Crippen LogP contribution in [-0.4, -0.2) is 20.9 Å². The Morgan fingerprint density at radius 3 is 2.54 bits per heavy atom. The second-order valence-corrected chi connectivity index (χ2v) is 9.38. The molecule has 3 aromatic heterocycles. The van der Waals surface area contributed by atoms with E-state index in [1.54, 1.807) is 29.6 Å². The van der Waals surface area contributed by atoms with Crippen molar-refractivity contribution in [2.45, 2.75) is 15.9 Å². The average Bonchev–Trinajstić information content (AvgIpc) is 3.30. The van der Waals surface area contributed by atoms with Crippen molar-refractivity contribution >= 4 is 38.4 Å². The molecule has 0 spiro atoms. The molecule has 0 bridgehead atoms.